The Morgan fingerprint density at radius 1 is 1.13 bits per heavy atom. The van der Waals surface area contributed by atoms with Crippen LogP contribution in [0.5, 0.6) is 5.75 Å². The van der Waals surface area contributed by atoms with Crippen LogP contribution < -0.4 is 16.0 Å². The minimum absolute atomic E-state index is 0.000586. The second-order valence-corrected chi connectivity index (χ2v) is 18.6. The van der Waals surface area contributed by atoms with Crippen LogP contribution in [0.2, 0.25) is 30.7 Å². The second kappa shape index (κ2) is 12.6. The number of pyridine rings is 1. The van der Waals surface area contributed by atoms with Crippen LogP contribution in [-0.2, 0) is 24.2 Å². The number of aromatic nitrogens is 5. The maximum absolute atomic E-state index is 14.4. The van der Waals surface area contributed by atoms with E-state index in [1.807, 2.05) is 6.07 Å². The van der Waals surface area contributed by atoms with Gasteiger partial charge in [-0.15, -0.1) is 11.3 Å². The Kier molecular flexibility index (Phi) is 9.15. The van der Waals surface area contributed by atoms with Crippen molar-refractivity contribution in [1.82, 2.24) is 23.9 Å². The molecule has 46 heavy (non-hydrogen) atoms. The number of nitriles is 1. The van der Waals surface area contributed by atoms with E-state index in [1.54, 1.807) is 0 Å². The largest absolute Gasteiger partial charge is 0.494 e. The fourth-order valence-corrected chi connectivity index (χ4v) is 7.03. The van der Waals surface area contributed by atoms with Crippen LogP contribution in [0.15, 0.2) is 40.2 Å². The van der Waals surface area contributed by atoms with Gasteiger partial charge in [0.2, 0.25) is 0 Å². The number of benzene rings is 1. The zero-order valence-electron chi connectivity index (χ0n) is 25.0. The lowest BCUT2D eigenvalue weighted by Gasteiger charge is -2.15. The summed E-state index contributed by atoms with van der Waals surface area (Å²) in [4.78, 5) is 32.4. The smallest absolute Gasteiger partial charge is 0.435 e. The van der Waals surface area contributed by atoms with Gasteiger partial charge >= 0.3 is 11.9 Å². The highest BCUT2D eigenvalue weighted by Crippen LogP contribution is 2.40. The molecule has 0 saturated carbocycles. The van der Waals surface area contributed by atoms with Crippen LogP contribution in [0.4, 0.5) is 17.6 Å². The van der Waals surface area contributed by atoms with Gasteiger partial charge in [-0.05, 0) is 24.2 Å². The van der Waals surface area contributed by atoms with Crippen molar-refractivity contribution < 1.29 is 27.0 Å². The molecule has 0 unspecified atom stereocenters. The van der Waals surface area contributed by atoms with Crippen molar-refractivity contribution in [2.24, 2.45) is 0 Å². The van der Waals surface area contributed by atoms with Crippen molar-refractivity contribution in [3.8, 4) is 27.9 Å². The molecule has 242 valence electrons. The first kappa shape index (κ1) is 33.3. The van der Waals surface area contributed by atoms with Crippen molar-refractivity contribution >= 4 is 52.1 Å². The van der Waals surface area contributed by atoms with E-state index in [2.05, 4.69) is 29.7 Å². The maximum atomic E-state index is 14.4. The molecular weight excluding hydrogens is 668 g/mol. The number of alkyl halides is 3. The van der Waals surface area contributed by atoms with Crippen molar-refractivity contribution in [3.63, 3.8) is 0 Å². The van der Waals surface area contributed by atoms with Crippen LogP contribution in [0.1, 0.15) is 12.1 Å². The highest BCUT2D eigenvalue weighted by atomic mass is 35.5. The molecule has 0 atom stereocenters. The molecule has 1 aromatic carbocycles. The Morgan fingerprint density at radius 3 is 2.52 bits per heavy atom. The van der Waals surface area contributed by atoms with E-state index in [4.69, 9.17) is 21.1 Å². The number of rotatable bonds is 10. The second-order valence-electron chi connectivity index (χ2n) is 11.5. The van der Waals surface area contributed by atoms with E-state index in [9.17, 15) is 32.4 Å². The highest BCUT2D eigenvalue weighted by molar-refractivity contribution is 7.22. The lowest BCUT2D eigenvalue weighted by molar-refractivity contribution is -0.140. The average Bonchev–Trinajstić information content (AvgIpc) is 3.58. The molecular formula is C29H27ClF4N6O4SSi. The Balaban J connectivity index is 1.76. The zero-order chi connectivity index (χ0) is 33.6. The van der Waals surface area contributed by atoms with Crippen LogP contribution in [0, 0.1) is 17.1 Å². The summed E-state index contributed by atoms with van der Waals surface area (Å²) in [5.74, 6) is -0.830. The summed E-state index contributed by atoms with van der Waals surface area (Å²) in [7, 11) is -0.211. The predicted molar refractivity (Wildman–Crippen MR) is 169 cm³/mol. The molecule has 4 heterocycles. The minimum Gasteiger partial charge on any atom is -0.494 e. The number of hydrogen-bond donors (Lipinski definition) is 0. The summed E-state index contributed by atoms with van der Waals surface area (Å²) >= 11 is 7.22. The summed E-state index contributed by atoms with van der Waals surface area (Å²) in [5, 5.41) is 12.5. The van der Waals surface area contributed by atoms with E-state index in [0.717, 1.165) is 45.1 Å². The molecule has 0 N–H and O–H groups in total. The molecule has 0 fully saturated rings. The highest BCUT2D eigenvalue weighted by Gasteiger charge is 2.39. The fraction of sp³-hybridized carbons (Fsp3) is 0.345. The molecule has 4 aromatic heterocycles. The molecule has 0 aliphatic rings. The first-order valence-corrected chi connectivity index (χ1v) is 18.8. The molecule has 10 nitrogen and oxygen atoms in total. The van der Waals surface area contributed by atoms with Gasteiger partial charge in [0, 0.05) is 31.7 Å². The Labute approximate surface area is 269 Å². The van der Waals surface area contributed by atoms with Gasteiger partial charge in [0.1, 0.15) is 11.4 Å². The van der Waals surface area contributed by atoms with Gasteiger partial charge in [-0.25, -0.2) is 18.4 Å². The first-order chi connectivity index (χ1) is 21.7. The number of methoxy groups -OCH3 is 1. The minimum atomic E-state index is -4.96. The van der Waals surface area contributed by atoms with Crippen LogP contribution >= 0.6 is 22.9 Å². The number of thiophene rings is 1. The number of ether oxygens (including phenoxy) is 2. The Bertz CT molecular complexity index is 2130. The van der Waals surface area contributed by atoms with Gasteiger partial charge in [0.25, 0.3) is 5.56 Å². The van der Waals surface area contributed by atoms with Gasteiger partial charge in [-0.1, -0.05) is 31.2 Å². The predicted octanol–water partition coefficient (Wildman–Crippen LogP) is 6.67. The van der Waals surface area contributed by atoms with E-state index in [1.165, 1.54) is 19.2 Å². The van der Waals surface area contributed by atoms with Crippen LogP contribution in [0.25, 0.3) is 37.2 Å². The molecule has 5 aromatic rings. The molecule has 0 amide bonds. The molecule has 17 heteroatoms. The topological polar surface area (TPSA) is 117 Å². The maximum Gasteiger partial charge on any atom is 0.435 e. The standard InChI is InChI=1S/C29H27ClF4N6O4SSi/c1-43-22-10-16(17(30)11-18(22)31)23-12-19-25(45-23)27(41)40(28(42)38(19)7-5-6-35)21-14-36-13-20-24(21)26(29(32,33)34)37-39(20)15-44-8-9-46(2,3)4/h10-14H,5,7-9,15H2,1-4H3. The van der Waals surface area contributed by atoms with E-state index in [0.29, 0.717) is 21.6 Å². The van der Waals surface area contributed by atoms with E-state index >= 15 is 0 Å². The molecule has 0 spiro atoms. The number of aryl methyl sites for hydroxylation is 1. The third kappa shape index (κ3) is 6.32. The third-order valence-electron chi connectivity index (χ3n) is 7.14. The number of fused-ring (bicyclic) bond motifs is 2. The van der Waals surface area contributed by atoms with Crippen molar-refractivity contribution in [1.29, 1.82) is 5.26 Å². The summed E-state index contributed by atoms with van der Waals surface area (Å²) in [5.41, 5.74) is -3.33. The summed E-state index contributed by atoms with van der Waals surface area (Å²) in [6.07, 6.45) is -2.95. The average molecular weight is 695 g/mol. The van der Waals surface area contributed by atoms with Crippen LogP contribution in [-0.4, -0.2) is 45.7 Å². The van der Waals surface area contributed by atoms with Gasteiger partial charge in [-0.3, -0.25) is 14.3 Å². The zero-order valence-corrected chi connectivity index (χ0v) is 27.6. The van der Waals surface area contributed by atoms with Crippen molar-refractivity contribution in [2.75, 3.05) is 13.7 Å². The number of halogens is 5. The van der Waals surface area contributed by atoms with Gasteiger partial charge in [0.05, 0.1) is 59.1 Å². The monoisotopic (exact) mass is 694 g/mol. The number of hydrogen-bond acceptors (Lipinski definition) is 8. The molecule has 0 aliphatic heterocycles. The first-order valence-electron chi connectivity index (χ1n) is 13.9. The van der Waals surface area contributed by atoms with Crippen molar-refractivity contribution in [3.05, 3.63) is 68.0 Å². The lowest BCUT2D eigenvalue weighted by atomic mass is 10.1. The normalized spacial score (nSPS) is 12.3. The summed E-state index contributed by atoms with van der Waals surface area (Å²) in [6.45, 7) is 6.24. The molecule has 0 radical (unpaired) electrons. The molecule has 0 aliphatic carbocycles. The Hall–Kier alpha value is -4.04. The summed E-state index contributed by atoms with van der Waals surface area (Å²) in [6, 6.07) is 6.57. The third-order valence-corrected chi connectivity index (χ3v) is 10.3. The van der Waals surface area contributed by atoms with Crippen molar-refractivity contribution in [2.45, 2.75) is 51.6 Å². The van der Waals surface area contributed by atoms with Gasteiger partial charge in [-0.2, -0.15) is 23.5 Å². The van der Waals surface area contributed by atoms with Crippen LogP contribution in [0.3, 0.4) is 0 Å². The molecule has 0 saturated heterocycles. The van der Waals surface area contributed by atoms with Gasteiger partial charge < -0.3 is 9.47 Å². The molecule has 5 rings (SSSR count). The van der Waals surface area contributed by atoms with E-state index < -0.39 is 48.1 Å². The lowest BCUT2D eigenvalue weighted by Crippen LogP contribution is -2.38. The summed E-state index contributed by atoms with van der Waals surface area (Å²) < 4.78 is 70.9. The van der Waals surface area contributed by atoms with E-state index in [-0.39, 0.29) is 46.2 Å². The molecule has 0 bridgehead atoms. The number of nitrogens with zero attached hydrogens (tertiary/aromatic N) is 6. The van der Waals surface area contributed by atoms with Gasteiger partial charge in [0.15, 0.2) is 17.3 Å². The fourth-order valence-electron chi connectivity index (χ4n) is 4.84. The quantitative estimate of drug-likeness (QED) is 0.0911. The Morgan fingerprint density at radius 2 is 1.87 bits per heavy atom. The SMILES string of the molecule is COc1cc(-c2cc3c(s2)c(=O)n(-c2cncc4c2c(C(F)(F)F)nn4COCC[Si](C)(C)C)c(=O)n3CCC#N)c(Cl)cc1F.